The van der Waals surface area contributed by atoms with Gasteiger partial charge < -0.3 is 19.3 Å². The number of hydrogen-bond donors (Lipinski definition) is 1. The minimum absolute atomic E-state index is 0.0595. The molecule has 3 fully saturated rings. The van der Waals surface area contributed by atoms with Crippen LogP contribution < -0.4 is 0 Å². The van der Waals surface area contributed by atoms with Crippen LogP contribution in [0.3, 0.4) is 0 Å². The van der Waals surface area contributed by atoms with Crippen LogP contribution in [-0.4, -0.2) is 37.0 Å². The van der Waals surface area contributed by atoms with Gasteiger partial charge in [-0.15, -0.1) is 0 Å². The third-order valence-electron chi connectivity index (χ3n) is 9.05. The second-order valence-electron chi connectivity index (χ2n) is 11.4. The summed E-state index contributed by atoms with van der Waals surface area (Å²) in [7, 11) is 3.42. The van der Waals surface area contributed by atoms with E-state index >= 15 is 0 Å². The molecule has 174 valence electrons. The van der Waals surface area contributed by atoms with E-state index in [1.807, 2.05) is 6.92 Å². The zero-order chi connectivity index (χ0) is 22.6. The van der Waals surface area contributed by atoms with E-state index in [4.69, 9.17) is 14.2 Å². The number of hydrogen-bond acceptors (Lipinski definition) is 4. The van der Waals surface area contributed by atoms with Gasteiger partial charge in [0.1, 0.15) is 0 Å². The Labute approximate surface area is 188 Å². The molecule has 0 unspecified atom stereocenters. The Morgan fingerprint density at radius 2 is 2.00 bits per heavy atom. The van der Waals surface area contributed by atoms with Crippen LogP contribution in [-0.2, 0) is 14.2 Å². The number of fused-ring (bicyclic) bond motifs is 1. The van der Waals surface area contributed by atoms with Crippen molar-refractivity contribution in [2.45, 2.75) is 84.4 Å². The quantitative estimate of drug-likeness (QED) is 0.454. The average Bonchev–Trinajstić information content (AvgIpc) is 3.23. The molecule has 0 aromatic heterocycles. The van der Waals surface area contributed by atoms with Crippen molar-refractivity contribution in [1.29, 1.82) is 0 Å². The lowest BCUT2D eigenvalue weighted by Gasteiger charge is -2.43. The predicted octanol–water partition coefficient (Wildman–Crippen LogP) is 5.63. The summed E-state index contributed by atoms with van der Waals surface area (Å²) in [6, 6.07) is 0. The fourth-order valence-electron chi connectivity index (χ4n) is 7.47. The van der Waals surface area contributed by atoms with E-state index in [0.717, 1.165) is 12.8 Å². The van der Waals surface area contributed by atoms with Crippen LogP contribution in [0, 0.1) is 35.0 Å². The summed E-state index contributed by atoms with van der Waals surface area (Å²) >= 11 is 0. The molecule has 1 heterocycles. The van der Waals surface area contributed by atoms with Crippen LogP contribution in [0.2, 0.25) is 0 Å². The third kappa shape index (κ3) is 3.78. The highest BCUT2D eigenvalue weighted by Gasteiger charge is 2.68. The van der Waals surface area contributed by atoms with Gasteiger partial charge in [0.2, 0.25) is 0 Å². The van der Waals surface area contributed by atoms with Gasteiger partial charge in [-0.25, -0.2) is 0 Å². The summed E-state index contributed by atoms with van der Waals surface area (Å²) in [5, 5.41) is 11.5. The lowest BCUT2D eigenvalue weighted by atomic mass is 9.62. The van der Waals surface area contributed by atoms with Gasteiger partial charge in [-0.2, -0.15) is 0 Å². The zero-order valence-corrected chi connectivity index (χ0v) is 20.5. The standard InChI is InChI=1S/C27H42O4/c1-17(2)9-8-10-18(3)19-13-14-25(4)15-22-23-20(11-12-21(19)25)24(29-6)31-27(23,30-7)16-26(22,5)28/h8-11,18-19,21-24,28H,12-16H2,1-7H3/b10-8-,20-11+/t18-,19+,21-,22-,23-,24+,25+,26+,27+/m0/s1. The summed E-state index contributed by atoms with van der Waals surface area (Å²) in [6.45, 7) is 11.1. The van der Waals surface area contributed by atoms with Crippen molar-refractivity contribution in [3.8, 4) is 0 Å². The molecule has 0 spiro atoms. The Balaban J connectivity index is 1.69. The Kier molecular flexibility index (Phi) is 6.09. The van der Waals surface area contributed by atoms with Gasteiger partial charge in [0.25, 0.3) is 0 Å². The molecular weight excluding hydrogens is 388 g/mol. The van der Waals surface area contributed by atoms with E-state index in [1.54, 1.807) is 14.2 Å². The van der Waals surface area contributed by atoms with E-state index in [2.05, 4.69) is 52.0 Å². The maximum Gasteiger partial charge on any atom is 0.183 e. The second-order valence-corrected chi connectivity index (χ2v) is 11.4. The van der Waals surface area contributed by atoms with Crippen LogP contribution in [0.4, 0.5) is 0 Å². The summed E-state index contributed by atoms with van der Waals surface area (Å²) in [4.78, 5) is 0. The maximum atomic E-state index is 11.5. The Hall–Kier alpha value is -0.940. The largest absolute Gasteiger partial charge is 0.390 e. The molecule has 4 nitrogen and oxygen atoms in total. The molecule has 0 amide bonds. The second kappa shape index (κ2) is 8.13. The SMILES string of the molecule is CO[C@@H]1O[C@]2(OC)C[C@@](C)(O)[C@H]3C[C@@]4(C)CC[C@H]([C@@H](C)/C=C\C=C(C)C)[C@@H]4C/C=C/1[C@@H]32. The van der Waals surface area contributed by atoms with E-state index < -0.39 is 11.4 Å². The normalized spacial score (nSPS) is 49.2. The van der Waals surface area contributed by atoms with Crippen molar-refractivity contribution in [2.75, 3.05) is 14.2 Å². The molecule has 3 aliphatic carbocycles. The molecule has 1 aliphatic heterocycles. The Morgan fingerprint density at radius 1 is 1.26 bits per heavy atom. The molecule has 1 saturated heterocycles. The highest BCUT2D eigenvalue weighted by molar-refractivity contribution is 5.28. The number of methoxy groups -OCH3 is 2. The first-order valence-corrected chi connectivity index (χ1v) is 12.1. The summed E-state index contributed by atoms with van der Waals surface area (Å²) in [5.74, 6) is 1.19. The lowest BCUT2D eigenvalue weighted by Crippen LogP contribution is -2.40. The Morgan fingerprint density at radius 3 is 2.65 bits per heavy atom. The van der Waals surface area contributed by atoms with Gasteiger partial charge in [0.15, 0.2) is 12.1 Å². The summed E-state index contributed by atoms with van der Waals surface area (Å²) in [6.07, 6.45) is 13.9. The molecule has 0 aromatic carbocycles. The van der Waals surface area contributed by atoms with Gasteiger partial charge in [-0.05, 0) is 81.1 Å². The number of allylic oxidation sites excluding steroid dienone is 5. The fourth-order valence-corrected chi connectivity index (χ4v) is 7.47. The van der Waals surface area contributed by atoms with Gasteiger partial charge in [0, 0.05) is 26.6 Å². The predicted molar refractivity (Wildman–Crippen MR) is 123 cm³/mol. The molecule has 0 aromatic rings. The highest BCUT2D eigenvalue weighted by atomic mass is 16.8. The zero-order valence-electron chi connectivity index (χ0n) is 20.5. The maximum absolute atomic E-state index is 11.5. The van der Waals surface area contributed by atoms with Gasteiger partial charge >= 0.3 is 0 Å². The first kappa shape index (κ1) is 23.2. The average molecular weight is 431 g/mol. The number of rotatable bonds is 5. The van der Waals surface area contributed by atoms with Crippen LogP contribution in [0.15, 0.2) is 35.5 Å². The van der Waals surface area contributed by atoms with Gasteiger partial charge in [-0.1, -0.05) is 43.7 Å². The van der Waals surface area contributed by atoms with Crippen molar-refractivity contribution in [3.63, 3.8) is 0 Å². The minimum atomic E-state index is -0.809. The number of aliphatic hydroxyl groups is 1. The molecule has 1 N–H and O–H groups in total. The molecule has 4 heteroatoms. The monoisotopic (exact) mass is 430 g/mol. The summed E-state index contributed by atoms with van der Waals surface area (Å²) in [5.41, 5.74) is 1.93. The smallest absolute Gasteiger partial charge is 0.183 e. The first-order valence-electron chi connectivity index (χ1n) is 12.1. The first-order chi connectivity index (χ1) is 14.6. The van der Waals surface area contributed by atoms with Crippen molar-refractivity contribution < 1.29 is 19.3 Å². The van der Waals surface area contributed by atoms with Gasteiger partial charge in [0.05, 0.1) is 5.60 Å². The molecule has 4 rings (SSSR count). The van der Waals surface area contributed by atoms with Crippen molar-refractivity contribution in [1.82, 2.24) is 0 Å². The summed E-state index contributed by atoms with van der Waals surface area (Å²) < 4.78 is 18.1. The van der Waals surface area contributed by atoms with Crippen LogP contribution >= 0.6 is 0 Å². The van der Waals surface area contributed by atoms with E-state index in [-0.39, 0.29) is 23.5 Å². The highest BCUT2D eigenvalue weighted by Crippen LogP contribution is 2.65. The van der Waals surface area contributed by atoms with E-state index in [9.17, 15) is 5.11 Å². The van der Waals surface area contributed by atoms with Crippen molar-refractivity contribution in [3.05, 3.63) is 35.5 Å². The third-order valence-corrected chi connectivity index (χ3v) is 9.05. The molecule has 0 bridgehead atoms. The molecule has 9 atom stereocenters. The Bertz CT molecular complexity index is 776. The molecular formula is C27H42O4. The van der Waals surface area contributed by atoms with Gasteiger partial charge in [-0.3, -0.25) is 0 Å². The lowest BCUT2D eigenvalue weighted by molar-refractivity contribution is -0.265. The topological polar surface area (TPSA) is 47.9 Å². The molecule has 2 saturated carbocycles. The number of ether oxygens (including phenoxy) is 3. The van der Waals surface area contributed by atoms with E-state index in [1.165, 1.54) is 24.0 Å². The molecule has 4 aliphatic rings. The molecule has 0 radical (unpaired) electrons. The van der Waals surface area contributed by atoms with E-state index in [0.29, 0.717) is 24.2 Å². The molecule has 31 heavy (non-hydrogen) atoms. The van der Waals surface area contributed by atoms with Crippen LogP contribution in [0.25, 0.3) is 0 Å². The van der Waals surface area contributed by atoms with Crippen molar-refractivity contribution >= 4 is 0 Å². The van der Waals surface area contributed by atoms with Crippen LogP contribution in [0.5, 0.6) is 0 Å². The fraction of sp³-hybridized carbons (Fsp3) is 0.778. The minimum Gasteiger partial charge on any atom is -0.390 e. The van der Waals surface area contributed by atoms with Crippen molar-refractivity contribution in [2.24, 2.45) is 35.0 Å². The van der Waals surface area contributed by atoms with Crippen LogP contribution in [0.1, 0.15) is 66.7 Å².